The number of carbonyl (C=O) groups is 2. The summed E-state index contributed by atoms with van der Waals surface area (Å²) in [4.78, 5) is 22.8. The Morgan fingerprint density at radius 1 is 1.20 bits per heavy atom. The minimum atomic E-state index is -0.762. The van der Waals surface area contributed by atoms with Crippen LogP contribution >= 0.6 is 0 Å². The molecular formula is C14H16O6. The number of carbonyl (C=O) groups excluding carboxylic acids is 2. The predicted octanol–water partition coefficient (Wildman–Crippen LogP) is 0.699. The van der Waals surface area contributed by atoms with Gasteiger partial charge in [0, 0.05) is 19.3 Å². The topological polar surface area (TPSA) is 82.1 Å². The van der Waals surface area contributed by atoms with Gasteiger partial charge < -0.3 is 19.3 Å². The van der Waals surface area contributed by atoms with E-state index in [4.69, 9.17) is 19.3 Å². The van der Waals surface area contributed by atoms with E-state index in [0.717, 1.165) is 12.2 Å². The Kier molecular flexibility index (Phi) is 7.02. The molecule has 1 aromatic carbocycles. The minimum absolute atomic E-state index is 0.0740. The summed E-state index contributed by atoms with van der Waals surface area (Å²) in [5, 5.41) is 8.91. The highest BCUT2D eigenvalue weighted by Gasteiger charge is 2.11. The minimum Gasteiger partial charge on any atom is -0.454 e. The molecule has 1 unspecified atom stereocenters. The molecule has 0 saturated carbocycles. The summed E-state index contributed by atoms with van der Waals surface area (Å²) in [6.45, 7) is -0.285. The number of methoxy groups -OCH3 is 1. The van der Waals surface area contributed by atoms with Crippen LogP contribution in [0.1, 0.15) is 0 Å². The first-order valence-corrected chi connectivity index (χ1v) is 5.91. The van der Waals surface area contributed by atoms with Gasteiger partial charge in [-0.05, 0) is 12.1 Å². The molecule has 1 rings (SSSR count). The molecule has 6 nitrogen and oxygen atoms in total. The lowest BCUT2D eigenvalue weighted by Gasteiger charge is -2.12. The van der Waals surface area contributed by atoms with Crippen molar-refractivity contribution in [2.75, 3.05) is 20.3 Å². The summed E-state index contributed by atoms with van der Waals surface area (Å²) >= 11 is 0. The highest BCUT2D eigenvalue weighted by molar-refractivity contribution is 5.92. The summed E-state index contributed by atoms with van der Waals surface area (Å²) in [5.74, 6) is -1.07. The molecule has 0 spiro atoms. The second-order valence-electron chi connectivity index (χ2n) is 3.76. The molecule has 0 bridgehead atoms. The lowest BCUT2D eigenvalue weighted by atomic mass is 10.3. The fourth-order valence-corrected chi connectivity index (χ4v) is 1.29. The van der Waals surface area contributed by atoms with Gasteiger partial charge in [0.25, 0.3) is 0 Å². The molecule has 1 aromatic rings. The van der Waals surface area contributed by atoms with Gasteiger partial charge in [0.15, 0.2) is 0 Å². The Bertz CT molecular complexity index is 454. The zero-order chi connectivity index (χ0) is 14.8. The molecule has 6 heteroatoms. The first-order chi connectivity index (χ1) is 9.65. The van der Waals surface area contributed by atoms with E-state index in [9.17, 15) is 9.59 Å². The maximum Gasteiger partial charge on any atom is 0.336 e. The van der Waals surface area contributed by atoms with Gasteiger partial charge in [-0.25, -0.2) is 9.59 Å². The number of benzene rings is 1. The molecule has 20 heavy (non-hydrogen) atoms. The molecule has 0 heterocycles. The van der Waals surface area contributed by atoms with E-state index in [1.165, 1.54) is 7.11 Å². The third-order valence-corrected chi connectivity index (χ3v) is 2.16. The van der Waals surface area contributed by atoms with Crippen molar-refractivity contribution in [1.82, 2.24) is 0 Å². The quantitative estimate of drug-likeness (QED) is 0.450. The van der Waals surface area contributed by atoms with E-state index in [1.807, 2.05) is 0 Å². The van der Waals surface area contributed by atoms with Gasteiger partial charge in [-0.3, -0.25) is 0 Å². The van der Waals surface area contributed by atoms with Crippen LogP contribution in [0.15, 0.2) is 42.5 Å². The van der Waals surface area contributed by atoms with Crippen LogP contribution in [-0.4, -0.2) is 43.5 Å². The number of hydrogen-bond acceptors (Lipinski definition) is 6. The van der Waals surface area contributed by atoms with Crippen LogP contribution in [0.3, 0.4) is 0 Å². The lowest BCUT2D eigenvalue weighted by molar-refractivity contribution is -0.148. The van der Waals surface area contributed by atoms with E-state index < -0.39 is 18.0 Å². The monoisotopic (exact) mass is 280 g/mol. The number of hydrogen-bond donors (Lipinski definition) is 1. The van der Waals surface area contributed by atoms with Crippen LogP contribution in [0.5, 0.6) is 5.75 Å². The summed E-state index contributed by atoms with van der Waals surface area (Å²) in [6.07, 6.45) is 1.13. The number of rotatable bonds is 7. The molecule has 0 aliphatic rings. The van der Waals surface area contributed by atoms with Crippen molar-refractivity contribution in [1.29, 1.82) is 0 Å². The first-order valence-electron chi connectivity index (χ1n) is 5.91. The van der Waals surface area contributed by atoms with Crippen LogP contribution in [0.25, 0.3) is 0 Å². The Hall–Kier alpha value is -2.18. The molecule has 0 fully saturated rings. The van der Waals surface area contributed by atoms with E-state index in [-0.39, 0.29) is 13.2 Å². The van der Waals surface area contributed by atoms with Crippen molar-refractivity contribution in [3.8, 4) is 5.75 Å². The van der Waals surface area contributed by atoms with Crippen LogP contribution < -0.4 is 4.74 Å². The molecule has 1 atom stereocenters. The van der Waals surface area contributed by atoms with Crippen LogP contribution in [0.4, 0.5) is 0 Å². The normalized spacial score (nSPS) is 12.1. The molecule has 0 amide bonds. The summed E-state index contributed by atoms with van der Waals surface area (Å²) in [7, 11) is 1.42. The Morgan fingerprint density at radius 3 is 2.45 bits per heavy atom. The molecule has 0 aromatic heterocycles. The fourth-order valence-electron chi connectivity index (χ4n) is 1.29. The number of aliphatic hydroxyl groups is 1. The molecule has 0 radical (unpaired) electrons. The number of aliphatic hydroxyl groups excluding tert-OH is 1. The van der Waals surface area contributed by atoms with Gasteiger partial charge in [0.1, 0.15) is 11.9 Å². The zero-order valence-corrected chi connectivity index (χ0v) is 11.0. The number of esters is 2. The summed E-state index contributed by atoms with van der Waals surface area (Å²) < 4.78 is 14.5. The predicted molar refractivity (Wildman–Crippen MR) is 70.1 cm³/mol. The van der Waals surface area contributed by atoms with Gasteiger partial charge in [0.2, 0.25) is 0 Å². The molecule has 0 saturated heterocycles. The smallest absolute Gasteiger partial charge is 0.336 e. The van der Waals surface area contributed by atoms with Crippen molar-refractivity contribution in [2.45, 2.75) is 6.10 Å². The SMILES string of the molecule is COCC(CO)OC(=O)/C=C\C(=O)Oc1ccccc1. The maximum absolute atomic E-state index is 11.4. The molecular weight excluding hydrogens is 264 g/mol. The average Bonchev–Trinajstić information content (AvgIpc) is 2.45. The molecule has 1 N–H and O–H groups in total. The lowest BCUT2D eigenvalue weighted by Crippen LogP contribution is -2.25. The van der Waals surface area contributed by atoms with Crippen molar-refractivity contribution >= 4 is 11.9 Å². The Balaban J connectivity index is 2.42. The van der Waals surface area contributed by atoms with Crippen LogP contribution in [-0.2, 0) is 19.1 Å². The standard InChI is InChI=1S/C14H16O6/c1-18-10-12(9-15)20-14(17)8-7-13(16)19-11-5-3-2-4-6-11/h2-8,12,15H,9-10H2,1H3/b8-7-. The van der Waals surface area contributed by atoms with E-state index in [2.05, 4.69) is 0 Å². The average molecular weight is 280 g/mol. The van der Waals surface area contributed by atoms with E-state index in [1.54, 1.807) is 30.3 Å². The van der Waals surface area contributed by atoms with E-state index >= 15 is 0 Å². The highest BCUT2D eigenvalue weighted by Crippen LogP contribution is 2.08. The first kappa shape index (κ1) is 15.9. The Labute approximate surface area is 116 Å². The van der Waals surface area contributed by atoms with Crippen molar-refractivity contribution in [2.24, 2.45) is 0 Å². The summed E-state index contributed by atoms with van der Waals surface area (Å²) in [6, 6.07) is 8.46. The fraction of sp³-hybridized carbons (Fsp3) is 0.286. The van der Waals surface area contributed by atoms with Crippen LogP contribution in [0, 0.1) is 0 Å². The van der Waals surface area contributed by atoms with Crippen molar-refractivity contribution in [3.05, 3.63) is 42.5 Å². The van der Waals surface area contributed by atoms with Gasteiger partial charge in [-0.1, -0.05) is 18.2 Å². The number of para-hydroxylation sites is 1. The third kappa shape index (κ3) is 6.12. The second kappa shape index (κ2) is 8.84. The second-order valence-corrected chi connectivity index (χ2v) is 3.76. The van der Waals surface area contributed by atoms with Gasteiger partial charge in [-0.15, -0.1) is 0 Å². The van der Waals surface area contributed by atoms with Crippen molar-refractivity contribution in [3.63, 3.8) is 0 Å². The molecule has 108 valence electrons. The maximum atomic E-state index is 11.4. The highest BCUT2D eigenvalue weighted by atomic mass is 16.6. The largest absolute Gasteiger partial charge is 0.454 e. The van der Waals surface area contributed by atoms with Gasteiger partial charge >= 0.3 is 11.9 Å². The van der Waals surface area contributed by atoms with E-state index in [0.29, 0.717) is 5.75 Å². The van der Waals surface area contributed by atoms with Crippen molar-refractivity contribution < 1.29 is 28.9 Å². The van der Waals surface area contributed by atoms with Gasteiger partial charge in [-0.2, -0.15) is 0 Å². The van der Waals surface area contributed by atoms with Gasteiger partial charge in [0.05, 0.1) is 13.2 Å². The van der Waals surface area contributed by atoms with Crippen LogP contribution in [0.2, 0.25) is 0 Å². The molecule has 0 aliphatic heterocycles. The zero-order valence-electron chi connectivity index (χ0n) is 11.0. The summed E-state index contributed by atoms with van der Waals surface area (Å²) in [5.41, 5.74) is 0. The molecule has 0 aliphatic carbocycles. The third-order valence-electron chi connectivity index (χ3n) is 2.16. The number of ether oxygens (including phenoxy) is 3. The Morgan fingerprint density at radius 2 is 1.85 bits per heavy atom.